The summed E-state index contributed by atoms with van der Waals surface area (Å²) in [7, 11) is 0. The number of carbonyl (C=O) groups excluding carboxylic acids is 1. The number of carboxylic acid groups (broad SMARTS) is 1. The van der Waals surface area contributed by atoms with Gasteiger partial charge in [-0.05, 0) is 28.5 Å². The summed E-state index contributed by atoms with van der Waals surface area (Å²) in [6, 6.07) is 9.11. The lowest BCUT2D eigenvalue weighted by molar-refractivity contribution is -0.143. The van der Waals surface area contributed by atoms with E-state index in [0.29, 0.717) is 18.8 Å². The molecule has 0 saturated carbocycles. The Bertz CT molecular complexity index is 741. The molecule has 1 aliphatic rings. The molecule has 1 aromatic carbocycles. The van der Waals surface area contributed by atoms with Crippen LogP contribution in [0.2, 0.25) is 0 Å². The molecule has 8 nitrogen and oxygen atoms in total. The lowest BCUT2D eigenvalue weighted by Crippen LogP contribution is -2.33. The van der Waals surface area contributed by atoms with E-state index in [0.717, 1.165) is 5.56 Å². The second-order valence-electron chi connectivity index (χ2n) is 5.18. The molecular weight excluding hydrogens is 298 g/mol. The summed E-state index contributed by atoms with van der Waals surface area (Å²) in [6.45, 7) is 0.0874. The van der Waals surface area contributed by atoms with E-state index >= 15 is 0 Å². The molecule has 1 amide bonds. The minimum absolute atomic E-state index is 0.269. The molecule has 2 aromatic rings. The van der Waals surface area contributed by atoms with Gasteiger partial charge in [-0.3, -0.25) is 9.59 Å². The molecule has 0 radical (unpaired) electrons. The van der Waals surface area contributed by atoms with E-state index in [4.69, 9.17) is 5.11 Å². The van der Waals surface area contributed by atoms with Crippen LogP contribution in [0.4, 0.5) is 0 Å². The van der Waals surface area contributed by atoms with Gasteiger partial charge in [0.25, 0.3) is 0 Å². The van der Waals surface area contributed by atoms with E-state index in [1.165, 1.54) is 9.58 Å². The van der Waals surface area contributed by atoms with Crippen molar-refractivity contribution in [3.05, 3.63) is 41.7 Å². The van der Waals surface area contributed by atoms with Crippen LogP contribution in [-0.2, 0) is 9.59 Å². The number of rotatable bonds is 5. The number of aliphatic carboxylic acids is 1. The molecule has 0 spiro atoms. The normalized spacial score (nSPS) is 18.0. The minimum Gasteiger partial charge on any atom is -0.480 e. The zero-order valence-corrected chi connectivity index (χ0v) is 12.2. The average Bonchev–Trinajstić information content (AvgIpc) is 3.13. The van der Waals surface area contributed by atoms with Crippen molar-refractivity contribution in [3.8, 4) is 0 Å². The van der Waals surface area contributed by atoms with Gasteiger partial charge >= 0.3 is 5.97 Å². The molecule has 1 aliphatic heterocycles. The fourth-order valence-corrected chi connectivity index (χ4v) is 2.54. The average molecular weight is 313 g/mol. The number of likely N-dealkylation sites (tertiary alicyclic amines) is 1. The number of aromatic nitrogens is 4. The number of tetrazole rings is 1. The van der Waals surface area contributed by atoms with E-state index < -0.39 is 12.0 Å². The Hall–Kier alpha value is -3.03. The quantitative estimate of drug-likeness (QED) is 0.872. The molecule has 3 rings (SSSR count). The third-order valence-electron chi connectivity index (χ3n) is 3.63. The van der Waals surface area contributed by atoms with Gasteiger partial charge < -0.3 is 10.0 Å². The third-order valence-corrected chi connectivity index (χ3v) is 3.63. The Morgan fingerprint density at radius 1 is 1.30 bits per heavy atom. The Morgan fingerprint density at radius 2 is 2.09 bits per heavy atom. The summed E-state index contributed by atoms with van der Waals surface area (Å²) in [5.74, 6) is -0.835. The summed E-state index contributed by atoms with van der Waals surface area (Å²) in [5.41, 5.74) is 0.993. The maximum absolute atomic E-state index is 12.3. The van der Waals surface area contributed by atoms with E-state index in [1.54, 1.807) is 6.08 Å². The van der Waals surface area contributed by atoms with Crippen molar-refractivity contribution in [2.45, 2.75) is 12.5 Å². The summed E-state index contributed by atoms with van der Waals surface area (Å²) < 4.78 is 1.45. The molecule has 0 aliphatic carbocycles. The second-order valence-corrected chi connectivity index (χ2v) is 5.18. The molecule has 1 unspecified atom stereocenters. The zero-order valence-electron chi connectivity index (χ0n) is 12.2. The van der Waals surface area contributed by atoms with Gasteiger partial charge in [0, 0.05) is 6.54 Å². The first kappa shape index (κ1) is 14.9. The van der Waals surface area contributed by atoms with Crippen LogP contribution in [0.5, 0.6) is 0 Å². The Morgan fingerprint density at radius 3 is 2.83 bits per heavy atom. The van der Waals surface area contributed by atoms with E-state index in [2.05, 4.69) is 15.5 Å². The molecule has 1 saturated heterocycles. The van der Waals surface area contributed by atoms with Gasteiger partial charge in [-0.2, -0.15) is 0 Å². The molecule has 1 fully saturated rings. The van der Waals surface area contributed by atoms with Crippen molar-refractivity contribution in [1.82, 2.24) is 25.1 Å². The van der Waals surface area contributed by atoms with E-state index in [-0.39, 0.29) is 12.5 Å². The molecule has 23 heavy (non-hydrogen) atoms. The number of nitrogens with zero attached hydrogens (tertiary/aromatic N) is 5. The van der Waals surface area contributed by atoms with Crippen molar-refractivity contribution in [2.24, 2.45) is 0 Å². The first-order valence-electron chi connectivity index (χ1n) is 7.17. The molecule has 1 atom stereocenters. The van der Waals surface area contributed by atoms with Crippen molar-refractivity contribution in [1.29, 1.82) is 0 Å². The Labute approximate surface area is 132 Å². The monoisotopic (exact) mass is 313 g/mol. The highest BCUT2D eigenvalue weighted by Gasteiger charge is 2.35. The van der Waals surface area contributed by atoms with Crippen molar-refractivity contribution >= 4 is 24.0 Å². The van der Waals surface area contributed by atoms with Gasteiger partial charge in [-0.1, -0.05) is 36.4 Å². The van der Waals surface area contributed by atoms with Crippen molar-refractivity contribution < 1.29 is 14.7 Å². The molecule has 118 valence electrons. The highest BCUT2D eigenvalue weighted by molar-refractivity contribution is 5.86. The minimum atomic E-state index is -1.03. The molecular formula is C15H15N5O3. The topological polar surface area (TPSA) is 101 Å². The Balaban J connectivity index is 1.78. The lowest BCUT2D eigenvalue weighted by atomic mass is 10.2. The summed E-state index contributed by atoms with van der Waals surface area (Å²) >= 11 is 0. The number of amides is 1. The predicted octanol–water partition coefficient (Wildman–Crippen LogP) is 0.701. The van der Waals surface area contributed by atoms with Gasteiger partial charge in [-0.25, -0.2) is 4.68 Å². The zero-order chi connectivity index (χ0) is 16.2. The van der Waals surface area contributed by atoms with E-state index in [9.17, 15) is 9.59 Å². The number of benzene rings is 1. The Kier molecular flexibility index (Phi) is 4.13. The van der Waals surface area contributed by atoms with Crippen LogP contribution in [0.25, 0.3) is 12.2 Å². The van der Waals surface area contributed by atoms with Gasteiger partial charge in [0.15, 0.2) is 5.82 Å². The summed E-state index contributed by atoms with van der Waals surface area (Å²) in [5, 5.41) is 20.3. The SMILES string of the molecule is O=C(O)CN1CCC(n2nnnc2C=Cc2ccccc2)C1=O. The first-order chi connectivity index (χ1) is 11.1. The first-order valence-corrected chi connectivity index (χ1v) is 7.17. The maximum Gasteiger partial charge on any atom is 0.323 e. The molecule has 8 heteroatoms. The van der Waals surface area contributed by atoms with Gasteiger partial charge in [0.05, 0.1) is 0 Å². The predicted molar refractivity (Wildman–Crippen MR) is 81.1 cm³/mol. The van der Waals surface area contributed by atoms with Crippen LogP contribution in [0.1, 0.15) is 23.9 Å². The fourth-order valence-electron chi connectivity index (χ4n) is 2.54. The van der Waals surface area contributed by atoms with Crippen LogP contribution >= 0.6 is 0 Å². The maximum atomic E-state index is 12.3. The number of carboxylic acids is 1. The van der Waals surface area contributed by atoms with Crippen LogP contribution < -0.4 is 0 Å². The lowest BCUT2D eigenvalue weighted by Gasteiger charge is -2.13. The summed E-state index contributed by atoms with van der Waals surface area (Å²) in [4.78, 5) is 24.4. The smallest absolute Gasteiger partial charge is 0.323 e. The molecule has 1 aromatic heterocycles. The molecule has 2 heterocycles. The van der Waals surface area contributed by atoms with Gasteiger partial charge in [0.1, 0.15) is 12.6 Å². The number of carbonyl (C=O) groups is 2. The van der Waals surface area contributed by atoms with Gasteiger partial charge in [0.2, 0.25) is 5.91 Å². The van der Waals surface area contributed by atoms with Crippen molar-refractivity contribution in [3.63, 3.8) is 0 Å². The number of hydrogen-bond donors (Lipinski definition) is 1. The second kappa shape index (κ2) is 6.39. The van der Waals surface area contributed by atoms with Gasteiger partial charge in [-0.15, -0.1) is 5.10 Å². The van der Waals surface area contributed by atoms with Crippen LogP contribution in [0, 0.1) is 0 Å². The standard InChI is InChI=1S/C15H15N5O3/c21-14(22)10-19-9-8-12(15(19)23)20-13(16-17-18-20)7-6-11-4-2-1-3-5-11/h1-7,12H,8-10H2,(H,21,22). The molecule has 0 bridgehead atoms. The van der Waals surface area contributed by atoms with E-state index in [1.807, 2.05) is 36.4 Å². The largest absolute Gasteiger partial charge is 0.480 e. The van der Waals surface area contributed by atoms with Crippen LogP contribution in [-0.4, -0.2) is 55.2 Å². The highest BCUT2D eigenvalue weighted by atomic mass is 16.4. The third kappa shape index (κ3) is 3.25. The fraction of sp³-hybridized carbons (Fsp3) is 0.267. The summed E-state index contributed by atoms with van der Waals surface area (Å²) in [6.07, 6.45) is 4.09. The molecule has 1 N–H and O–H groups in total. The van der Waals surface area contributed by atoms with Crippen LogP contribution in [0.3, 0.4) is 0 Å². The highest BCUT2D eigenvalue weighted by Crippen LogP contribution is 2.23. The van der Waals surface area contributed by atoms with Crippen LogP contribution in [0.15, 0.2) is 30.3 Å². The van der Waals surface area contributed by atoms with Crippen molar-refractivity contribution in [2.75, 3.05) is 13.1 Å². The number of hydrogen-bond acceptors (Lipinski definition) is 5.